The quantitative estimate of drug-likeness (QED) is 0.442. The molecule has 10 nitrogen and oxygen atoms in total. The highest BCUT2D eigenvalue weighted by molar-refractivity contribution is 7.92. The molecule has 1 fully saturated rings. The van der Waals surface area contributed by atoms with Crippen molar-refractivity contribution in [3.63, 3.8) is 0 Å². The lowest BCUT2D eigenvalue weighted by Crippen LogP contribution is -2.36. The highest BCUT2D eigenvalue weighted by Gasteiger charge is 2.24. The Morgan fingerprint density at radius 2 is 1.75 bits per heavy atom. The van der Waals surface area contributed by atoms with Crippen molar-refractivity contribution in [1.82, 2.24) is 0 Å². The third kappa shape index (κ3) is 5.22. The summed E-state index contributed by atoms with van der Waals surface area (Å²) in [5.41, 5.74) is 1.08. The Morgan fingerprint density at radius 3 is 2.38 bits per heavy atom. The van der Waals surface area contributed by atoms with E-state index >= 15 is 0 Å². The molecule has 1 saturated heterocycles. The molecule has 0 aliphatic carbocycles. The second kappa shape index (κ2) is 10.0. The highest BCUT2D eigenvalue weighted by Crippen LogP contribution is 2.40. The second-order valence-corrected chi connectivity index (χ2v) is 8.77. The molecular formula is C21H27N3O7S. The lowest BCUT2D eigenvalue weighted by atomic mass is 10.2. The maximum absolute atomic E-state index is 13.0. The summed E-state index contributed by atoms with van der Waals surface area (Å²) in [6.45, 7) is 8.40. The summed E-state index contributed by atoms with van der Waals surface area (Å²) in [7, 11) is -4.12. The summed E-state index contributed by atoms with van der Waals surface area (Å²) in [6.07, 6.45) is 0. The molecule has 0 amide bonds. The Bertz CT molecular complexity index is 1080. The van der Waals surface area contributed by atoms with Crippen LogP contribution in [-0.2, 0) is 14.8 Å². The topological polar surface area (TPSA) is 120 Å². The summed E-state index contributed by atoms with van der Waals surface area (Å²) in [4.78, 5) is 12.5. The van der Waals surface area contributed by atoms with E-state index in [2.05, 4.69) is 9.62 Å². The Hall–Kier alpha value is -3.05. The van der Waals surface area contributed by atoms with Crippen LogP contribution in [0.4, 0.5) is 17.1 Å². The van der Waals surface area contributed by atoms with Crippen LogP contribution >= 0.6 is 0 Å². The molecule has 0 saturated carbocycles. The normalized spacial score (nSPS) is 14.2. The molecular weight excluding hydrogens is 438 g/mol. The molecule has 3 rings (SSSR count). The first-order valence-corrected chi connectivity index (χ1v) is 11.8. The number of rotatable bonds is 9. The van der Waals surface area contributed by atoms with Crippen LogP contribution in [0.3, 0.4) is 0 Å². The highest BCUT2D eigenvalue weighted by atomic mass is 32.2. The van der Waals surface area contributed by atoms with Crippen LogP contribution in [0.5, 0.6) is 11.5 Å². The minimum atomic E-state index is -4.12. The second-order valence-electron chi connectivity index (χ2n) is 7.09. The van der Waals surface area contributed by atoms with Crippen molar-refractivity contribution in [1.29, 1.82) is 0 Å². The first-order chi connectivity index (χ1) is 15.3. The van der Waals surface area contributed by atoms with E-state index in [9.17, 15) is 18.5 Å². The third-order valence-electron chi connectivity index (χ3n) is 4.94. The lowest BCUT2D eigenvalue weighted by molar-refractivity contribution is -0.385. The van der Waals surface area contributed by atoms with Crippen molar-refractivity contribution in [3.8, 4) is 11.5 Å². The van der Waals surface area contributed by atoms with E-state index in [0.29, 0.717) is 56.6 Å². The zero-order valence-corrected chi connectivity index (χ0v) is 19.1. The minimum absolute atomic E-state index is 0.190. The van der Waals surface area contributed by atoms with E-state index in [1.165, 1.54) is 12.1 Å². The average molecular weight is 466 g/mol. The van der Waals surface area contributed by atoms with Gasteiger partial charge in [0, 0.05) is 36.9 Å². The van der Waals surface area contributed by atoms with Crippen LogP contribution in [0.1, 0.15) is 19.4 Å². The van der Waals surface area contributed by atoms with Crippen LogP contribution in [0.15, 0.2) is 35.2 Å². The van der Waals surface area contributed by atoms with E-state index < -0.39 is 14.9 Å². The maximum Gasteiger partial charge on any atom is 0.273 e. The van der Waals surface area contributed by atoms with Crippen molar-refractivity contribution in [2.45, 2.75) is 25.7 Å². The number of hydrogen-bond donors (Lipinski definition) is 1. The Kier molecular flexibility index (Phi) is 7.41. The zero-order chi connectivity index (χ0) is 23.3. The van der Waals surface area contributed by atoms with Crippen molar-refractivity contribution >= 4 is 27.1 Å². The number of sulfonamides is 1. The number of nitrogens with one attached hydrogen (secondary N) is 1. The van der Waals surface area contributed by atoms with Gasteiger partial charge in [-0.05, 0) is 26.8 Å². The van der Waals surface area contributed by atoms with Gasteiger partial charge in [0.2, 0.25) is 0 Å². The molecule has 32 heavy (non-hydrogen) atoms. The van der Waals surface area contributed by atoms with Gasteiger partial charge in [-0.2, -0.15) is 0 Å². The molecule has 0 atom stereocenters. The molecule has 2 aromatic rings. The average Bonchev–Trinajstić information content (AvgIpc) is 2.76. The van der Waals surface area contributed by atoms with Gasteiger partial charge >= 0.3 is 0 Å². The SMILES string of the molecule is CCOc1cc(N2CCOCC2)c(OCC)cc1NS(=O)(=O)c1ccc(C)c([N+](=O)[O-])c1. The smallest absolute Gasteiger partial charge is 0.273 e. The number of morpholine rings is 1. The predicted octanol–water partition coefficient (Wildman–Crippen LogP) is 3.34. The van der Waals surface area contributed by atoms with Crippen LogP contribution in [0, 0.1) is 17.0 Å². The molecule has 1 aliphatic heterocycles. The zero-order valence-electron chi connectivity index (χ0n) is 18.3. The molecule has 0 aromatic heterocycles. The molecule has 1 aliphatic rings. The Morgan fingerprint density at radius 1 is 1.09 bits per heavy atom. The van der Waals surface area contributed by atoms with Crippen molar-refractivity contribution in [2.24, 2.45) is 0 Å². The number of nitro groups is 1. The molecule has 1 N–H and O–H groups in total. The maximum atomic E-state index is 13.0. The standard InChI is InChI=1S/C21H27N3O7S/c1-4-30-20-14-19(23-8-10-29-11-9-23)21(31-5-2)13-17(20)22-32(27,28)16-7-6-15(3)18(12-16)24(25)26/h6-7,12-14,22H,4-5,8-11H2,1-3H3. The van der Waals surface area contributed by atoms with Crippen molar-refractivity contribution < 1.29 is 27.6 Å². The van der Waals surface area contributed by atoms with Gasteiger partial charge in [0.15, 0.2) is 0 Å². The van der Waals surface area contributed by atoms with Gasteiger partial charge in [-0.25, -0.2) is 8.42 Å². The van der Waals surface area contributed by atoms with Crippen LogP contribution in [0.2, 0.25) is 0 Å². The van der Waals surface area contributed by atoms with E-state index in [4.69, 9.17) is 14.2 Å². The number of benzene rings is 2. The number of nitrogens with zero attached hydrogens (tertiary/aromatic N) is 2. The summed E-state index contributed by atoms with van der Waals surface area (Å²) in [6, 6.07) is 7.11. The fourth-order valence-electron chi connectivity index (χ4n) is 3.38. The van der Waals surface area contributed by atoms with E-state index in [0.717, 1.165) is 11.8 Å². The van der Waals surface area contributed by atoms with Gasteiger partial charge in [-0.1, -0.05) is 6.07 Å². The third-order valence-corrected chi connectivity index (χ3v) is 6.31. The molecule has 0 radical (unpaired) electrons. The molecule has 0 spiro atoms. The molecule has 11 heteroatoms. The number of aryl methyl sites for hydroxylation is 1. The Balaban J connectivity index is 2.03. The summed E-state index contributed by atoms with van der Waals surface area (Å²) < 4.78 is 45.5. The first-order valence-electron chi connectivity index (χ1n) is 10.3. The number of nitro benzene ring substituents is 1. The van der Waals surface area contributed by atoms with E-state index in [1.807, 2.05) is 6.92 Å². The first kappa shape index (κ1) is 23.6. The molecule has 0 unspecified atom stereocenters. The monoisotopic (exact) mass is 465 g/mol. The molecule has 174 valence electrons. The van der Waals surface area contributed by atoms with Gasteiger partial charge in [0.1, 0.15) is 11.5 Å². The predicted molar refractivity (Wildman–Crippen MR) is 120 cm³/mol. The van der Waals surface area contributed by atoms with Crippen molar-refractivity contribution in [2.75, 3.05) is 49.1 Å². The van der Waals surface area contributed by atoms with E-state index in [-0.39, 0.29) is 16.3 Å². The van der Waals surface area contributed by atoms with Gasteiger partial charge < -0.3 is 19.1 Å². The van der Waals surface area contributed by atoms with Gasteiger partial charge in [0.25, 0.3) is 15.7 Å². The number of anilines is 2. The summed E-state index contributed by atoms with van der Waals surface area (Å²) >= 11 is 0. The van der Waals surface area contributed by atoms with Gasteiger partial charge in [-0.3, -0.25) is 14.8 Å². The van der Waals surface area contributed by atoms with Gasteiger partial charge in [-0.15, -0.1) is 0 Å². The number of hydrogen-bond acceptors (Lipinski definition) is 8. The summed E-state index contributed by atoms with van der Waals surface area (Å²) in [5.74, 6) is 0.841. The van der Waals surface area contributed by atoms with Crippen LogP contribution in [-0.4, -0.2) is 52.9 Å². The minimum Gasteiger partial charge on any atom is -0.492 e. The van der Waals surface area contributed by atoms with Crippen LogP contribution < -0.4 is 19.1 Å². The molecule has 2 aromatic carbocycles. The molecule has 1 heterocycles. The fraction of sp³-hybridized carbons (Fsp3) is 0.429. The lowest BCUT2D eigenvalue weighted by Gasteiger charge is -2.31. The van der Waals surface area contributed by atoms with E-state index in [1.54, 1.807) is 26.0 Å². The fourth-order valence-corrected chi connectivity index (χ4v) is 4.46. The number of ether oxygens (including phenoxy) is 3. The van der Waals surface area contributed by atoms with Crippen LogP contribution in [0.25, 0.3) is 0 Å². The largest absolute Gasteiger partial charge is 0.492 e. The van der Waals surface area contributed by atoms with Gasteiger partial charge in [0.05, 0.1) is 47.6 Å². The Labute approximate surface area is 187 Å². The summed E-state index contributed by atoms with van der Waals surface area (Å²) in [5, 5.41) is 11.2. The molecule has 0 bridgehead atoms. The van der Waals surface area contributed by atoms with Crippen molar-refractivity contribution in [3.05, 3.63) is 46.0 Å².